The van der Waals surface area contributed by atoms with Gasteiger partial charge in [-0.1, -0.05) is 38.5 Å². The number of hydrogen-bond acceptors (Lipinski definition) is 3. The molecule has 0 spiro atoms. The fraction of sp³-hybridized carbons (Fsp3) is 0.375. The number of ether oxygens (including phenoxy) is 1. The number of para-hydroxylation sites is 1. The summed E-state index contributed by atoms with van der Waals surface area (Å²) in [5.41, 5.74) is -3.71. The number of carbonyl (C=O) groups excluding carboxylic acids is 1. The monoisotopic (exact) mass is 472 g/mol. The predicted octanol–water partition coefficient (Wildman–Crippen LogP) is 7.83. The number of unbranched alkanes of at least 4 members (excludes halogenated alkanes) is 1. The first-order valence-corrected chi connectivity index (χ1v) is 10.5. The summed E-state index contributed by atoms with van der Waals surface area (Å²) in [6.45, 7) is 3.12. The molecule has 0 saturated heterocycles. The summed E-state index contributed by atoms with van der Waals surface area (Å²) in [5, 5.41) is 0.335. The molecule has 0 unspecified atom stereocenters. The van der Waals surface area contributed by atoms with Gasteiger partial charge >= 0.3 is 12.4 Å². The Bertz CT molecular complexity index is 1110. The number of rotatable bonds is 8. The highest BCUT2D eigenvalue weighted by Crippen LogP contribution is 2.45. The lowest BCUT2D eigenvalue weighted by molar-refractivity contribution is -0.145. The predicted molar refractivity (Wildman–Crippen MR) is 110 cm³/mol. The summed E-state index contributed by atoms with van der Waals surface area (Å²) < 4.78 is 93.1. The largest absolute Gasteiger partial charge is 0.492 e. The molecule has 3 aromatic rings. The molecule has 178 valence electrons. The fourth-order valence-corrected chi connectivity index (χ4v) is 3.54. The first-order valence-electron chi connectivity index (χ1n) is 10.5. The van der Waals surface area contributed by atoms with Gasteiger partial charge in [0.1, 0.15) is 17.1 Å². The van der Waals surface area contributed by atoms with Gasteiger partial charge in [0, 0.05) is 17.4 Å². The van der Waals surface area contributed by atoms with E-state index in [2.05, 4.69) is 0 Å². The van der Waals surface area contributed by atoms with Gasteiger partial charge in [0.2, 0.25) is 0 Å². The van der Waals surface area contributed by atoms with Crippen molar-refractivity contribution >= 4 is 16.8 Å². The Labute approximate surface area is 186 Å². The zero-order valence-electron chi connectivity index (χ0n) is 18.0. The van der Waals surface area contributed by atoms with E-state index < -0.39 is 40.6 Å². The summed E-state index contributed by atoms with van der Waals surface area (Å²) >= 11 is 0. The molecule has 0 fully saturated rings. The molecule has 33 heavy (non-hydrogen) atoms. The Morgan fingerprint density at radius 3 is 2.09 bits per heavy atom. The molecule has 2 aromatic carbocycles. The minimum absolute atomic E-state index is 0.0254. The third-order valence-electron chi connectivity index (χ3n) is 5.07. The highest BCUT2D eigenvalue weighted by atomic mass is 19.4. The van der Waals surface area contributed by atoms with Crippen molar-refractivity contribution in [1.29, 1.82) is 0 Å². The van der Waals surface area contributed by atoms with E-state index in [-0.39, 0.29) is 24.4 Å². The number of alkyl halides is 6. The van der Waals surface area contributed by atoms with Crippen LogP contribution in [-0.4, -0.2) is 12.4 Å². The maximum atomic E-state index is 13.8. The molecule has 3 nitrogen and oxygen atoms in total. The molecule has 1 heterocycles. The Hall–Kier alpha value is -2.97. The second-order valence-electron chi connectivity index (χ2n) is 7.57. The van der Waals surface area contributed by atoms with Gasteiger partial charge in [0.05, 0.1) is 23.3 Å². The molecule has 0 amide bonds. The van der Waals surface area contributed by atoms with Crippen molar-refractivity contribution < 1.29 is 40.3 Å². The third-order valence-corrected chi connectivity index (χ3v) is 5.07. The molecular formula is C24H22F6O3. The van der Waals surface area contributed by atoms with Crippen LogP contribution in [0.4, 0.5) is 26.3 Å². The van der Waals surface area contributed by atoms with E-state index in [1.807, 2.05) is 6.92 Å². The van der Waals surface area contributed by atoms with Crippen LogP contribution in [-0.2, 0) is 18.8 Å². The maximum absolute atomic E-state index is 13.8. The summed E-state index contributed by atoms with van der Waals surface area (Å²) in [6, 6.07) is 7.26. The van der Waals surface area contributed by atoms with Crippen LogP contribution < -0.4 is 4.74 Å². The smallest absolute Gasteiger partial charge is 0.420 e. The van der Waals surface area contributed by atoms with E-state index >= 15 is 0 Å². The first kappa shape index (κ1) is 24.7. The SMILES string of the molecule is CCCCc1oc2ccccc2c1C(=O)c1cc(C(F)(F)F)c(OCCC)c(C(F)(F)F)c1. The third kappa shape index (κ3) is 5.17. The second-order valence-corrected chi connectivity index (χ2v) is 7.57. The van der Waals surface area contributed by atoms with Crippen LogP contribution in [0.5, 0.6) is 5.75 Å². The van der Waals surface area contributed by atoms with Crippen LogP contribution in [0.15, 0.2) is 40.8 Å². The molecule has 0 N–H and O–H groups in total. The fourth-order valence-electron chi connectivity index (χ4n) is 3.54. The minimum Gasteiger partial charge on any atom is -0.492 e. The Balaban J connectivity index is 2.26. The Kier molecular flexibility index (Phi) is 7.09. The quantitative estimate of drug-likeness (QED) is 0.248. The molecule has 0 aliphatic carbocycles. The highest BCUT2D eigenvalue weighted by Gasteiger charge is 2.43. The maximum Gasteiger partial charge on any atom is 0.420 e. The molecule has 0 aliphatic heterocycles. The topological polar surface area (TPSA) is 39.4 Å². The van der Waals surface area contributed by atoms with Gasteiger partial charge in [-0.15, -0.1) is 0 Å². The van der Waals surface area contributed by atoms with Gasteiger partial charge < -0.3 is 9.15 Å². The summed E-state index contributed by atoms with van der Waals surface area (Å²) in [5.74, 6) is -2.06. The zero-order valence-corrected chi connectivity index (χ0v) is 18.0. The number of benzene rings is 2. The Morgan fingerprint density at radius 2 is 1.55 bits per heavy atom. The minimum atomic E-state index is -5.16. The molecule has 0 saturated carbocycles. The molecule has 0 aliphatic rings. The van der Waals surface area contributed by atoms with Crippen molar-refractivity contribution in [2.45, 2.75) is 51.9 Å². The lowest BCUT2D eigenvalue weighted by Gasteiger charge is -2.20. The van der Waals surface area contributed by atoms with Crippen molar-refractivity contribution in [2.24, 2.45) is 0 Å². The summed E-state index contributed by atoms with van der Waals surface area (Å²) in [4.78, 5) is 13.4. The molecular weight excluding hydrogens is 450 g/mol. The van der Waals surface area contributed by atoms with Crippen LogP contribution in [0.2, 0.25) is 0 Å². The molecule has 0 radical (unpaired) electrons. The molecule has 1 aromatic heterocycles. The van der Waals surface area contributed by atoms with Crippen molar-refractivity contribution in [3.8, 4) is 5.75 Å². The van der Waals surface area contributed by atoms with Gasteiger partial charge in [-0.3, -0.25) is 4.79 Å². The lowest BCUT2D eigenvalue weighted by Crippen LogP contribution is -2.18. The normalized spacial score (nSPS) is 12.4. The van der Waals surface area contributed by atoms with Gasteiger partial charge in [-0.2, -0.15) is 26.3 Å². The molecule has 9 heteroatoms. The summed E-state index contributed by atoms with van der Waals surface area (Å²) in [7, 11) is 0. The number of carbonyl (C=O) groups is 1. The first-order chi connectivity index (χ1) is 15.5. The summed E-state index contributed by atoms with van der Waals surface area (Å²) in [6.07, 6.45) is -8.42. The standard InChI is InChI=1S/C24H22F6O3/c1-3-5-9-19-20(15-8-6-7-10-18(15)33-19)21(31)14-12-16(23(25,26)27)22(32-11-4-2)17(13-14)24(28,29)30/h6-8,10,12-13H,3-5,9,11H2,1-2H3. The number of hydrogen-bond donors (Lipinski definition) is 0. The average Bonchev–Trinajstić information content (AvgIpc) is 3.12. The highest BCUT2D eigenvalue weighted by molar-refractivity contribution is 6.17. The van der Waals surface area contributed by atoms with E-state index in [9.17, 15) is 31.1 Å². The van der Waals surface area contributed by atoms with E-state index in [1.165, 1.54) is 0 Å². The number of furan rings is 1. The van der Waals surface area contributed by atoms with Gasteiger partial charge in [0.25, 0.3) is 0 Å². The van der Waals surface area contributed by atoms with Crippen LogP contribution in [0.3, 0.4) is 0 Å². The van der Waals surface area contributed by atoms with Gasteiger partial charge in [-0.25, -0.2) is 0 Å². The number of halogens is 6. The van der Waals surface area contributed by atoms with Crippen molar-refractivity contribution in [1.82, 2.24) is 0 Å². The second kappa shape index (κ2) is 9.49. The lowest BCUT2D eigenvalue weighted by atomic mass is 9.94. The Morgan fingerprint density at radius 1 is 0.939 bits per heavy atom. The van der Waals surface area contributed by atoms with Gasteiger partial charge in [0.15, 0.2) is 5.78 Å². The van der Waals surface area contributed by atoms with Crippen LogP contribution in [0, 0.1) is 0 Å². The molecule has 0 bridgehead atoms. The van der Waals surface area contributed by atoms with Crippen molar-refractivity contribution in [3.05, 3.63) is 64.4 Å². The number of ketones is 1. The van der Waals surface area contributed by atoms with E-state index in [0.717, 1.165) is 6.42 Å². The zero-order chi connectivity index (χ0) is 24.4. The van der Waals surface area contributed by atoms with E-state index in [1.54, 1.807) is 31.2 Å². The van der Waals surface area contributed by atoms with Crippen molar-refractivity contribution in [3.63, 3.8) is 0 Å². The van der Waals surface area contributed by atoms with Crippen LogP contribution in [0.25, 0.3) is 11.0 Å². The number of aryl methyl sites for hydroxylation is 1. The number of fused-ring (bicyclic) bond motifs is 1. The van der Waals surface area contributed by atoms with Gasteiger partial charge in [-0.05, 0) is 31.0 Å². The van der Waals surface area contributed by atoms with Crippen LogP contribution in [0.1, 0.15) is 65.9 Å². The van der Waals surface area contributed by atoms with E-state index in [0.29, 0.717) is 35.9 Å². The molecule has 3 rings (SSSR count). The van der Waals surface area contributed by atoms with E-state index in [4.69, 9.17) is 9.15 Å². The molecule has 0 atom stereocenters. The van der Waals surface area contributed by atoms with Crippen LogP contribution >= 0.6 is 0 Å². The van der Waals surface area contributed by atoms with Crippen molar-refractivity contribution in [2.75, 3.05) is 6.61 Å². The average molecular weight is 472 g/mol.